The second-order valence-electron chi connectivity index (χ2n) is 5.53. The number of nitrogens with one attached hydrogen (secondary N) is 1. The van der Waals surface area contributed by atoms with E-state index in [1.54, 1.807) is 24.3 Å². The van der Waals surface area contributed by atoms with E-state index in [0.717, 1.165) is 18.7 Å². The summed E-state index contributed by atoms with van der Waals surface area (Å²) in [5.41, 5.74) is 0.839. The first kappa shape index (κ1) is 17.6. The van der Waals surface area contributed by atoms with Gasteiger partial charge >= 0.3 is 0 Å². The van der Waals surface area contributed by atoms with Gasteiger partial charge in [0.2, 0.25) is 5.91 Å². The Bertz CT molecular complexity index is 513. The van der Waals surface area contributed by atoms with Crippen molar-refractivity contribution in [2.45, 2.75) is 12.5 Å². The Hall–Kier alpha value is -1.76. The maximum atomic E-state index is 12.8. The molecular formula is C17H23FN2O3. The third-order valence-electron chi connectivity index (χ3n) is 3.59. The number of aliphatic hydroxyl groups is 1. The van der Waals surface area contributed by atoms with E-state index in [0.29, 0.717) is 19.8 Å². The van der Waals surface area contributed by atoms with Crippen LogP contribution < -0.4 is 5.32 Å². The lowest BCUT2D eigenvalue weighted by atomic mass is 10.2. The molecule has 1 aliphatic rings. The van der Waals surface area contributed by atoms with Crippen LogP contribution in [0.2, 0.25) is 0 Å². The Morgan fingerprint density at radius 3 is 2.74 bits per heavy atom. The molecule has 1 fully saturated rings. The maximum Gasteiger partial charge on any atom is 0.223 e. The van der Waals surface area contributed by atoms with Gasteiger partial charge in [-0.2, -0.15) is 0 Å². The number of carbonyl (C=O) groups is 1. The molecule has 0 radical (unpaired) electrons. The van der Waals surface area contributed by atoms with Crippen molar-refractivity contribution in [1.29, 1.82) is 0 Å². The zero-order valence-electron chi connectivity index (χ0n) is 13.1. The quantitative estimate of drug-likeness (QED) is 0.787. The van der Waals surface area contributed by atoms with Crippen LogP contribution in [0.4, 0.5) is 4.39 Å². The Kier molecular flexibility index (Phi) is 7.19. The Balaban J connectivity index is 1.63. The van der Waals surface area contributed by atoms with Crippen molar-refractivity contribution >= 4 is 12.0 Å². The highest BCUT2D eigenvalue weighted by atomic mass is 19.1. The van der Waals surface area contributed by atoms with Crippen molar-refractivity contribution in [3.05, 3.63) is 41.7 Å². The zero-order chi connectivity index (χ0) is 16.5. The highest BCUT2D eigenvalue weighted by molar-refractivity contribution is 5.78. The van der Waals surface area contributed by atoms with E-state index in [-0.39, 0.29) is 24.7 Å². The molecule has 1 amide bonds. The van der Waals surface area contributed by atoms with Crippen LogP contribution in [0.1, 0.15) is 12.0 Å². The third-order valence-corrected chi connectivity index (χ3v) is 3.59. The lowest BCUT2D eigenvalue weighted by Gasteiger charge is -2.28. The summed E-state index contributed by atoms with van der Waals surface area (Å²) in [5, 5.41) is 12.6. The number of aliphatic hydroxyl groups excluding tert-OH is 1. The lowest BCUT2D eigenvalue weighted by molar-refractivity contribution is -0.120. The number of ether oxygens (including phenoxy) is 1. The average molecular weight is 322 g/mol. The van der Waals surface area contributed by atoms with Crippen LogP contribution in [0.25, 0.3) is 6.08 Å². The smallest absolute Gasteiger partial charge is 0.223 e. The molecule has 1 saturated heterocycles. The molecule has 0 aromatic heterocycles. The molecule has 0 saturated carbocycles. The lowest BCUT2D eigenvalue weighted by Crippen LogP contribution is -2.44. The fourth-order valence-electron chi connectivity index (χ4n) is 2.33. The van der Waals surface area contributed by atoms with Gasteiger partial charge in [0.1, 0.15) is 5.82 Å². The van der Waals surface area contributed by atoms with E-state index < -0.39 is 6.10 Å². The minimum Gasteiger partial charge on any atom is -0.390 e. The molecule has 23 heavy (non-hydrogen) atoms. The van der Waals surface area contributed by atoms with Crippen molar-refractivity contribution in [2.24, 2.45) is 0 Å². The summed E-state index contributed by atoms with van der Waals surface area (Å²) in [7, 11) is 0. The van der Waals surface area contributed by atoms with Crippen LogP contribution in [-0.2, 0) is 9.53 Å². The maximum absolute atomic E-state index is 12.8. The molecule has 0 spiro atoms. The van der Waals surface area contributed by atoms with Gasteiger partial charge in [0.05, 0.1) is 19.3 Å². The summed E-state index contributed by atoms with van der Waals surface area (Å²) < 4.78 is 18.0. The number of morpholine rings is 1. The van der Waals surface area contributed by atoms with Crippen molar-refractivity contribution in [3.8, 4) is 0 Å². The largest absolute Gasteiger partial charge is 0.390 e. The number of β-amino-alcohol motifs (C(OH)–C–C–N with tert-alkyl or cyclic N) is 1. The SMILES string of the molecule is O=C(C/C=C/c1ccc(F)cc1)NCC(O)CN1CCOCC1. The molecule has 1 aliphatic heterocycles. The summed E-state index contributed by atoms with van der Waals surface area (Å²) in [4.78, 5) is 13.8. The van der Waals surface area contributed by atoms with E-state index >= 15 is 0 Å². The molecule has 2 N–H and O–H groups in total. The molecule has 1 aromatic rings. The Morgan fingerprint density at radius 1 is 1.35 bits per heavy atom. The van der Waals surface area contributed by atoms with Crippen LogP contribution in [-0.4, -0.2) is 61.4 Å². The number of hydrogen-bond acceptors (Lipinski definition) is 4. The molecule has 0 bridgehead atoms. The van der Waals surface area contributed by atoms with Crippen LogP contribution in [0.3, 0.4) is 0 Å². The van der Waals surface area contributed by atoms with Gasteiger partial charge in [-0.1, -0.05) is 24.3 Å². The number of benzene rings is 1. The van der Waals surface area contributed by atoms with E-state index in [1.165, 1.54) is 12.1 Å². The highest BCUT2D eigenvalue weighted by Crippen LogP contribution is 2.05. The Morgan fingerprint density at radius 2 is 2.04 bits per heavy atom. The van der Waals surface area contributed by atoms with Crippen LogP contribution in [0, 0.1) is 5.82 Å². The van der Waals surface area contributed by atoms with Gasteiger partial charge < -0.3 is 15.2 Å². The van der Waals surface area contributed by atoms with Gasteiger partial charge in [-0.15, -0.1) is 0 Å². The summed E-state index contributed by atoms with van der Waals surface area (Å²) in [6.07, 6.45) is 3.13. The first-order valence-corrected chi connectivity index (χ1v) is 7.80. The molecule has 1 aromatic carbocycles. The molecule has 126 valence electrons. The number of carbonyl (C=O) groups excluding carboxylic acids is 1. The van der Waals surface area contributed by atoms with Crippen LogP contribution >= 0.6 is 0 Å². The normalized spacial score (nSPS) is 17.3. The number of rotatable bonds is 7. The number of hydrogen-bond donors (Lipinski definition) is 2. The first-order valence-electron chi connectivity index (χ1n) is 7.80. The second kappa shape index (κ2) is 9.39. The monoisotopic (exact) mass is 322 g/mol. The summed E-state index contributed by atoms with van der Waals surface area (Å²) >= 11 is 0. The Labute approximate surface area is 135 Å². The van der Waals surface area contributed by atoms with Crippen molar-refractivity contribution in [3.63, 3.8) is 0 Å². The standard InChI is InChI=1S/C17H23FN2O3/c18-15-6-4-14(5-7-15)2-1-3-17(22)19-12-16(21)13-20-8-10-23-11-9-20/h1-2,4-7,16,21H,3,8-13H2,(H,19,22)/b2-1+. The fourth-order valence-corrected chi connectivity index (χ4v) is 2.33. The van der Waals surface area contributed by atoms with Crippen molar-refractivity contribution in [1.82, 2.24) is 10.2 Å². The van der Waals surface area contributed by atoms with Gasteiger partial charge in [0.25, 0.3) is 0 Å². The molecule has 1 heterocycles. The molecule has 1 atom stereocenters. The minimum absolute atomic E-state index is 0.149. The van der Waals surface area contributed by atoms with E-state index in [4.69, 9.17) is 4.74 Å². The summed E-state index contributed by atoms with van der Waals surface area (Å²) in [5.74, 6) is -0.432. The number of amides is 1. The van der Waals surface area contributed by atoms with Crippen LogP contribution in [0.5, 0.6) is 0 Å². The van der Waals surface area contributed by atoms with Gasteiger partial charge in [0.15, 0.2) is 0 Å². The molecule has 5 nitrogen and oxygen atoms in total. The molecule has 0 aliphatic carbocycles. The molecule has 2 rings (SSSR count). The summed E-state index contributed by atoms with van der Waals surface area (Å²) in [6, 6.07) is 6.05. The van der Waals surface area contributed by atoms with Crippen molar-refractivity contribution < 1.29 is 19.0 Å². The third kappa shape index (κ3) is 6.90. The number of halogens is 1. The van der Waals surface area contributed by atoms with Gasteiger partial charge in [-0.05, 0) is 17.7 Å². The minimum atomic E-state index is -0.585. The van der Waals surface area contributed by atoms with Gasteiger partial charge in [-0.25, -0.2) is 4.39 Å². The highest BCUT2D eigenvalue weighted by Gasteiger charge is 2.15. The molecule has 1 unspecified atom stereocenters. The van der Waals surface area contributed by atoms with Gasteiger partial charge in [-0.3, -0.25) is 9.69 Å². The zero-order valence-corrected chi connectivity index (χ0v) is 13.1. The van der Waals surface area contributed by atoms with E-state index in [1.807, 2.05) is 0 Å². The molecular weight excluding hydrogens is 299 g/mol. The average Bonchev–Trinajstić information content (AvgIpc) is 2.56. The van der Waals surface area contributed by atoms with Crippen molar-refractivity contribution in [2.75, 3.05) is 39.4 Å². The fraction of sp³-hybridized carbons (Fsp3) is 0.471. The predicted octanol–water partition coefficient (Wildman–Crippen LogP) is 1.04. The van der Waals surface area contributed by atoms with Crippen LogP contribution in [0.15, 0.2) is 30.3 Å². The topological polar surface area (TPSA) is 61.8 Å². The van der Waals surface area contributed by atoms with E-state index in [2.05, 4.69) is 10.2 Å². The predicted molar refractivity (Wildman–Crippen MR) is 86.3 cm³/mol. The first-order chi connectivity index (χ1) is 11.1. The summed E-state index contributed by atoms with van der Waals surface area (Å²) in [6.45, 7) is 3.77. The number of nitrogens with zero attached hydrogens (tertiary/aromatic N) is 1. The van der Waals surface area contributed by atoms with E-state index in [9.17, 15) is 14.3 Å². The van der Waals surface area contributed by atoms with Gasteiger partial charge in [0, 0.05) is 32.6 Å². The molecule has 6 heteroatoms. The second-order valence-corrected chi connectivity index (χ2v) is 5.53.